The van der Waals surface area contributed by atoms with Crippen molar-refractivity contribution in [1.82, 2.24) is 20.8 Å². The third-order valence-corrected chi connectivity index (χ3v) is 7.83. The van der Waals surface area contributed by atoms with E-state index >= 15 is 0 Å². The summed E-state index contributed by atoms with van der Waals surface area (Å²) in [7, 11) is 0. The van der Waals surface area contributed by atoms with Crippen LogP contribution in [0.3, 0.4) is 0 Å². The zero-order valence-corrected chi connectivity index (χ0v) is 25.2. The molecule has 0 spiro atoms. The zero-order chi connectivity index (χ0) is 30.9. The number of unbranched alkanes of at least 4 members (excludes halogenated alkanes) is 2. The summed E-state index contributed by atoms with van der Waals surface area (Å²) in [4.78, 5) is 42.1. The van der Waals surface area contributed by atoms with Gasteiger partial charge in [-0.2, -0.15) is 0 Å². The fourth-order valence-corrected chi connectivity index (χ4v) is 5.58. The van der Waals surface area contributed by atoms with E-state index in [2.05, 4.69) is 45.0 Å². The van der Waals surface area contributed by atoms with Crippen molar-refractivity contribution < 1.29 is 18.9 Å². The molecule has 2 amide bonds. The number of carbonyl (C=O) groups excluding carboxylic acids is 3. The fraction of sp³-hybridized carbons (Fsp3) is 0.278. The van der Waals surface area contributed by atoms with Gasteiger partial charge in [0.2, 0.25) is 5.91 Å². The molecule has 0 saturated heterocycles. The minimum atomic E-state index is -0.755. The zero-order valence-electron chi connectivity index (χ0n) is 25.2. The standard InChI is InChI=1S/C36H38N4O4/c1-24(41)14-6-3-11-21-31(39-36(43)32-25(2)44-40-34(32)27-17-9-5-10-18-27)35(42)37-23-22-29-28-19-12-13-20-30(28)38-33(29)26-15-7-4-8-16-26/h4-5,7-10,12-13,15-20,31,38H,3,6,11,14,21-23H2,1-2H3,(H,37,42)(H,39,43)/t31-/m0/s1. The van der Waals surface area contributed by atoms with Crippen molar-refractivity contribution in [1.29, 1.82) is 0 Å². The highest BCUT2D eigenvalue weighted by Crippen LogP contribution is 2.30. The second-order valence-electron chi connectivity index (χ2n) is 11.1. The minimum Gasteiger partial charge on any atom is -0.360 e. The molecule has 3 aromatic carbocycles. The molecule has 1 atom stereocenters. The molecule has 5 rings (SSSR count). The SMILES string of the molecule is CC(=O)CCCCC[C@H](NC(=O)c1c(-c2ccccc2)noc1C)C(=O)NCCc1c(-c2ccccc2)[nH]c2ccccc12. The number of amides is 2. The quantitative estimate of drug-likeness (QED) is 0.123. The molecule has 0 saturated carbocycles. The van der Waals surface area contributed by atoms with Gasteiger partial charge < -0.3 is 24.9 Å². The first-order chi connectivity index (χ1) is 21.4. The highest BCUT2D eigenvalue weighted by Gasteiger charge is 2.27. The van der Waals surface area contributed by atoms with Gasteiger partial charge in [-0.25, -0.2) is 0 Å². The molecule has 226 valence electrons. The molecular formula is C36H38N4O4. The summed E-state index contributed by atoms with van der Waals surface area (Å²) >= 11 is 0. The largest absolute Gasteiger partial charge is 0.360 e. The van der Waals surface area contributed by atoms with Gasteiger partial charge in [-0.1, -0.05) is 96.9 Å². The molecule has 0 radical (unpaired) electrons. The Morgan fingerprint density at radius 3 is 2.27 bits per heavy atom. The number of rotatable bonds is 14. The Hall–Kier alpha value is -4.98. The number of para-hydroxylation sites is 1. The number of hydrogen-bond acceptors (Lipinski definition) is 5. The topological polar surface area (TPSA) is 117 Å². The van der Waals surface area contributed by atoms with Crippen LogP contribution >= 0.6 is 0 Å². The van der Waals surface area contributed by atoms with Crippen LogP contribution in [0.1, 0.15) is 60.7 Å². The normalized spacial score (nSPS) is 11.8. The monoisotopic (exact) mass is 590 g/mol. The molecule has 2 aromatic heterocycles. The summed E-state index contributed by atoms with van der Waals surface area (Å²) in [5, 5.41) is 11.3. The first-order valence-electron chi connectivity index (χ1n) is 15.2. The lowest BCUT2D eigenvalue weighted by Crippen LogP contribution is -2.47. The maximum absolute atomic E-state index is 13.6. The van der Waals surface area contributed by atoms with E-state index in [1.807, 2.05) is 60.7 Å². The van der Waals surface area contributed by atoms with Gasteiger partial charge in [0.15, 0.2) is 0 Å². The lowest BCUT2D eigenvalue weighted by atomic mass is 10.0. The van der Waals surface area contributed by atoms with Gasteiger partial charge in [0.1, 0.15) is 28.8 Å². The van der Waals surface area contributed by atoms with Crippen LogP contribution in [0.5, 0.6) is 0 Å². The van der Waals surface area contributed by atoms with Gasteiger partial charge in [0.25, 0.3) is 5.91 Å². The summed E-state index contributed by atoms with van der Waals surface area (Å²) in [6, 6.07) is 26.9. The van der Waals surface area contributed by atoms with Crippen LogP contribution < -0.4 is 10.6 Å². The van der Waals surface area contributed by atoms with Crippen LogP contribution in [0.4, 0.5) is 0 Å². The highest BCUT2D eigenvalue weighted by atomic mass is 16.5. The van der Waals surface area contributed by atoms with Gasteiger partial charge >= 0.3 is 0 Å². The molecule has 8 heteroatoms. The van der Waals surface area contributed by atoms with Crippen LogP contribution in [0.2, 0.25) is 0 Å². The molecule has 0 aliphatic rings. The number of benzene rings is 3. The van der Waals surface area contributed by atoms with Gasteiger partial charge in [-0.05, 0) is 50.3 Å². The maximum Gasteiger partial charge on any atom is 0.257 e. The Balaban J connectivity index is 1.31. The smallest absolute Gasteiger partial charge is 0.257 e. The molecule has 0 fully saturated rings. The van der Waals surface area contributed by atoms with Crippen LogP contribution in [-0.2, 0) is 16.0 Å². The average molecular weight is 591 g/mol. The number of aromatic nitrogens is 2. The molecule has 0 unspecified atom stereocenters. The molecule has 5 aromatic rings. The summed E-state index contributed by atoms with van der Waals surface area (Å²) in [6.45, 7) is 3.68. The van der Waals surface area contributed by atoms with Crippen molar-refractivity contribution in [2.45, 2.75) is 58.4 Å². The number of Topliss-reactive ketones (excluding diaryl/α,β-unsaturated/α-hetero) is 1. The number of ketones is 1. The van der Waals surface area contributed by atoms with Gasteiger partial charge in [-0.3, -0.25) is 9.59 Å². The van der Waals surface area contributed by atoms with Crippen molar-refractivity contribution in [2.75, 3.05) is 6.54 Å². The van der Waals surface area contributed by atoms with Crippen LogP contribution in [0.25, 0.3) is 33.4 Å². The van der Waals surface area contributed by atoms with E-state index in [-0.39, 0.29) is 11.7 Å². The predicted octanol–water partition coefficient (Wildman–Crippen LogP) is 6.80. The first kappa shape index (κ1) is 30.5. The van der Waals surface area contributed by atoms with Gasteiger partial charge in [0.05, 0.1) is 0 Å². The van der Waals surface area contributed by atoms with E-state index in [4.69, 9.17) is 4.52 Å². The van der Waals surface area contributed by atoms with Crippen LogP contribution in [0, 0.1) is 6.92 Å². The summed E-state index contributed by atoms with van der Waals surface area (Å²) < 4.78 is 5.39. The lowest BCUT2D eigenvalue weighted by molar-refractivity contribution is -0.123. The van der Waals surface area contributed by atoms with E-state index in [0.29, 0.717) is 49.2 Å². The molecular weight excluding hydrogens is 552 g/mol. The van der Waals surface area contributed by atoms with Gasteiger partial charge in [0, 0.05) is 35.1 Å². The average Bonchev–Trinajstić information content (AvgIpc) is 3.61. The number of H-pyrrole nitrogens is 1. The van der Waals surface area contributed by atoms with E-state index in [0.717, 1.165) is 46.1 Å². The second-order valence-corrected chi connectivity index (χ2v) is 11.1. The molecule has 3 N–H and O–H groups in total. The van der Waals surface area contributed by atoms with Crippen molar-refractivity contribution >= 4 is 28.5 Å². The fourth-order valence-electron chi connectivity index (χ4n) is 5.58. The molecule has 0 aliphatic carbocycles. The summed E-state index contributed by atoms with van der Waals surface area (Å²) in [6.07, 6.45) is 3.81. The Morgan fingerprint density at radius 2 is 1.55 bits per heavy atom. The van der Waals surface area contributed by atoms with Crippen LogP contribution in [-0.4, -0.2) is 40.3 Å². The second kappa shape index (κ2) is 14.5. The Labute approximate surface area is 257 Å². The van der Waals surface area contributed by atoms with Crippen molar-refractivity contribution in [3.8, 4) is 22.5 Å². The van der Waals surface area contributed by atoms with E-state index in [9.17, 15) is 14.4 Å². The Kier molecular flexibility index (Phi) is 10.0. The first-order valence-corrected chi connectivity index (χ1v) is 15.2. The number of aromatic amines is 1. The van der Waals surface area contributed by atoms with E-state index in [1.54, 1.807) is 13.8 Å². The lowest BCUT2D eigenvalue weighted by Gasteiger charge is -2.19. The molecule has 0 bridgehead atoms. The van der Waals surface area contributed by atoms with Gasteiger partial charge in [-0.15, -0.1) is 0 Å². The maximum atomic E-state index is 13.6. The number of hydrogen-bond donors (Lipinski definition) is 3. The third-order valence-electron chi connectivity index (χ3n) is 7.83. The Bertz CT molecular complexity index is 1720. The summed E-state index contributed by atoms with van der Waals surface area (Å²) in [5.41, 5.74) is 5.80. The van der Waals surface area contributed by atoms with Crippen molar-refractivity contribution in [3.63, 3.8) is 0 Å². The molecule has 2 heterocycles. The minimum absolute atomic E-state index is 0.149. The predicted molar refractivity (Wildman–Crippen MR) is 172 cm³/mol. The number of nitrogens with one attached hydrogen (secondary N) is 3. The number of carbonyl (C=O) groups is 3. The molecule has 0 aliphatic heterocycles. The highest BCUT2D eigenvalue weighted by molar-refractivity contribution is 6.02. The van der Waals surface area contributed by atoms with Crippen molar-refractivity contribution in [3.05, 3.63) is 102 Å². The van der Waals surface area contributed by atoms with E-state index in [1.165, 1.54) is 0 Å². The van der Waals surface area contributed by atoms with Crippen LogP contribution in [0.15, 0.2) is 89.5 Å². The molecule has 8 nitrogen and oxygen atoms in total. The Morgan fingerprint density at radius 1 is 0.864 bits per heavy atom. The number of fused-ring (bicyclic) bond motifs is 1. The summed E-state index contributed by atoms with van der Waals surface area (Å²) in [5.74, 6) is -0.123. The third kappa shape index (κ3) is 7.32. The number of nitrogens with zero attached hydrogens (tertiary/aromatic N) is 1. The van der Waals surface area contributed by atoms with Crippen molar-refractivity contribution in [2.24, 2.45) is 0 Å². The number of aryl methyl sites for hydroxylation is 1. The van der Waals surface area contributed by atoms with E-state index < -0.39 is 11.9 Å². The molecule has 44 heavy (non-hydrogen) atoms.